The topological polar surface area (TPSA) is 46.2 Å². The second-order valence-electron chi connectivity index (χ2n) is 3.96. The first-order valence-electron chi connectivity index (χ1n) is 4.54. The van der Waals surface area contributed by atoms with Crippen LogP contribution in [-0.4, -0.2) is 18.3 Å². The zero-order valence-electron chi connectivity index (χ0n) is 7.34. The predicted octanol–water partition coefficient (Wildman–Crippen LogP) is 1.13. The van der Waals surface area contributed by atoms with Crippen molar-refractivity contribution in [3.63, 3.8) is 0 Å². The Bertz CT molecular complexity index is 123. The molecule has 1 saturated carbocycles. The molecule has 1 atom stereocenters. The Kier molecular flexibility index (Phi) is 2.90. The zero-order chi connectivity index (χ0) is 8.32. The zero-order valence-corrected chi connectivity index (χ0v) is 7.34. The van der Waals surface area contributed by atoms with Gasteiger partial charge in [-0.05, 0) is 37.1 Å². The third-order valence-corrected chi connectivity index (χ3v) is 3.24. The molecule has 2 nitrogen and oxygen atoms in total. The maximum absolute atomic E-state index is 8.85. The minimum atomic E-state index is 0.215. The number of hydrogen-bond donors (Lipinski definition) is 2. The number of aliphatic hydroxyl groups is 1. The molecule has 0 saturated heterocycles. The molecule has 1 rings (SSSR count). The molecule has 0 aromatic rings. The molecule has 1 unspecified atom stereocenters. The predicted molar refractivity (Wildman–Crippen MR) is 46.2 cm³/mol. The lowest BCUT2D eigenvalue weighted by Crippen LogP contribution is -2.39. The largest absolute Gasteiger partial charge is 0.396 e. The lowest BCUT2D eigenvalue weighted by molar-refractivity contribution is 0.0768. The van der Waals surface area contributed by atoms with E-state index in [4.69, 9.17) is 10.8 Å². The highest BCUT2D eigenvalue weighted by Crippen LogP contribution is 2.43. The molecule has 1 fully saturated rings. The third kappa shape index (κ3) is 1.74. The van der Waals surface area contributed by atoms with Gasteiger partial charge in [0.1, 0.15) is 0 Å². The molecular weight excluding hydrogens is 138 g/mol. The van der Waals surface area contributed by atoms with Crippen LogP contribution < -0.4 is 5.73 Å². The van der Waals surface area contributed by atoms with E-state index in [-0.39, 0.29) is 12.0 Å². The van der Waals surface area contributed by atoms with Crippen molar-refractivity contribution in [1.29, 1.82) is 0 Å². The van der Waals surface area contributed by atoms with Gasteiger partial charge in [-0.1, -0.05) is 13.3 Å². The third-order valence-electron chi connectivity index (χ3n) is 3.24. The minimum absolute atomic E-state index is 0.215. The fraction of sp³-hybridized carbons (Fsp3) is 1.00. The van der Waals surface area contributed by atoms with Crippen LogP contribution in [0.2, 0.25) is 0 Å². The van der Waals surface area contributed by atoms with E-state index in [0.717, 1.165) is 18.9 Å². The quantitative estimate of drug-likeness (QED) is 0.642. The van der Waals surface area contributed by atoms with Crippen LogP contribution >= 0.6 is 0 Å². The summed E-state index contributed by atoms with van der Waals surface area (Å²) in [7, 11) is 0. The smallest absolute Gasteiger partial charge is 0.0436 e. The SMILES string of the molecule is CC(CN)(CCO)C1CCC1. The summed E-state index contributed by atoms with van der Waals surface area (Å²) in [6.45, 7) is 3.20. The highest BCUT2D eigenvalue weighted by Gasteiger charge is 2.35. The van der Waals surface area contributed by atoms with Crippen molar-refractivity contribution in [2.45, 2.75) is 32.6 Å². The average Bonchev–Trinajstić information content (AvgIpc) is 1.84. The van der Waals surface area contributed by atoms with Gasteiger partial charge in [-0.25, -0.2) is 0 Å². The van der Waals surface area contributed by atoms with Gasteiger partial charge >= 0.3 is 0 Å². The molecule has 0 radical (unpaired) electrons. The average molecular weight is 157 g/mol. The van der Waals surface area contributed by atoms with E-state index in [0.29, 0.717) is 0 Å². The molecule has 0 aliphatic heterocycles. The maximum atomic E-state index is 8.85. The summed E-state index contributed by atoms with van der Waals surface area (Å²) in [6.07, 6.45) is 4.85. The lowest BCUT2D eigenvalue weighted by Gasteiger charge is -2.42. The van der Waals surface area contributed by atoms with Crippen LogP contribution in [0.1, 0.15) is 32.6 Å². The lowest BCUT2D eigenvalue weighted by atomic mass is 9.65. The van der Waals surface area contributed by atoms with Crippen molar-refractivity contribution < 1.29 is 5.11 Å². The molecule has 0 spiro atoms. The van der Waals surface area contributed by atoms with Crippen molar-refractivity contribution in [2.24, 2.45) is 17.1 Å². The van der Waals surface area contributed by atoms with Crippen LogP contribution in [0.5, 0.6) is 0 Å². The fourth-order valence-corrected chi connectivity index (χ4v) is 1.83. The van der Waals surface area contributed by atoms with Gasteiger partial charge in [-0.2, -0.15) is 0 Å². The number of hydrogen-bond acceptors (Lipinski definition) is 2. The molecular formula is C9H19NO. The van der Waals surface area contributed by atoms with E-state index in [1.54, 1.807) is 0 Å². The van der Waals surface area contributed by atoms with Crippen LogP contribution in [0.4, 0.5) is 0 Å². The van der Waals surface area contributed by atoms with E-state index in [2.05, 4.69) is 6.92 Å². The monoisotopic (exact) mass is 157 g/mol. The molecule has 11 heavy (non-hydrogen) atoms. The fourth-order valence-electron chi connectivity index (χ4n) is 1.83. The Morgan fingerprint density at radius 3 is 2.45 bits per heavy atom. The molecule has 0 aromatic heterocycles. The Balaban J connectivity index is 2.43. The van der Waals surface area contributed by atoms with Gasteiger partial charge in [0, 0.05) is 6.61 Å². The highest BCUT2D eigenvalue weighted by molar-refractivity contribution is 4.88. The van der Waals surface area contributed by atoms with E-state index < -0.39 is 0 Å². The van der Waals surface area contributed by atoms with Crippen molar-refractivity contribution in [1.82, 2.24) is 0 Å². The molecule has 0 amide bonds. The first-order valence-corrected chi connectivity index (χ1v) is 4.54. The van der Waals surface area contributed by atoms with Gasteiger partial charge in [-0.15, -0.1) is 0 Å². The van der Waals surface area contributed by atoms with Gasteiger partial charge < -0.3 is 10.8 Å². The Morgan fingerprint density at radius 1 is 1.55 bits per heavy atom. The van der Waals surface area contributed by atoms with Gasteiger partial charge in [0.15, 0.2) is 0 Å². The molecule has 2 heteroatoms. The van der Waals surface area contributed by atoms with Gasteiger partial charge in [-0.3, -0.25) is 0 Å². The van der Waals surface area contributed by atoms with Crippen LogP contribution in [0.15, 0.2) is 0 Å². The Hall–Kier alpha value is -0.0800. The number of nitrogens with two attached hydrogens (primary N) is 1. The first-order chi connectivity index (χ1) is 5.23. The van der Waals surface area contributed by atoms with E-state index >= 15 is 0 Å². The van der Waals surface area contributed by atoms with Gasteiger partial charge in [0.25, 0.3) is 0 Å². The van der Waals surface area contributed by atoms with E-state index in [1.807, 2.05) is 0 Å². The summed E-state index contributed by atoms with van der Waals surface area (Å²) in [6, 6.07) is 0. The van der Waals surface area contributed by atoms with Crippen molar-refractivity contribution in [3.05, 3.63) is 0 Å². The molecule has 3 N–H and O–H groups in total. The summed E-state index contributed by atoms with van der Waals surface area (Å²) >= 11 is 0. The Labute approximate surface area is 68.8 Å². The Morgan fingerprint density at radius 2 is 2.18 bits per heavy atom. The van der Waals surface area contributed by atoms with Crippen LogP contribution in [-0.2, 0) is 0 Å². The van der Waals surface area contributed by atoms with Gasteiger partial charge in [0.2, 0.25) is 0 Å². The first kappa shape index (κ1) is 9.01. The van der Waals surface area contributed by atoms with Crippen LogP contribution in [0, 0.1) is 11.3 Å². The van der Waals surface area contributed by atoms with Crippen molar-refractivity contribution >= 4 is 0 Å². The van der Waals surface area contributed by atoms with Crippen LogP contribution in [0.25, 0.3) is 0 Å². The van der Waals surface area contributed by atoms with Gasteiger partial charge in [0.05, 0.1) is 0 Å². The van der Waals surface area contributed by atoms with Crippen molar-refractivity contribution in [2.75, 3.05) is 13.2 Å². The molecule has 66 valence electrons. The molecule has 0 heterocycles. The second-order valence-corrected chi connectivity index (χ2v) is 3.96. The summed E-state index contributed by atoms with van der Waals surface area (Å²) < 4.78 is 0. The summed E-state index contributed by atoms with van der Waals surface area (Å²) in [5.41, 5.74) is 5.91. The number of aliphatic hydroxyl groups excluding tert-OH is 1. The molecule has 0 aromatic carbocycles. The van der Waals surface area contributed by atoms with Crippen LogP contribution in [0.3, 0.4) is 0 Å². The minimum Gasteiger partial charge on any atom is -0.396 e. The highest BCUT2D eigenvalue weighted by atomic mass is 16.3. The number of rotatable bonds is 4. The standard InChI is InChI=1S/C9H19NO/c1-9(7-10,5-6-11)8-3-2-4-8/h8,11H,2-7,10H2,1H3. The van der Waals surface area contributed by atoms with Crippen molar-refractivity contribution in [3.8, 4) is 0 Å². The maximum Gasteiger partial charge on any atom is 0.0436 e. The molecule has 1 aliphatic rings. The summed E-state index contributed by atoms with van der Waals surface area (Å²) in [4.78, 5) is 0. The van der Waals surface area contributed by atoms with E-state index in [1.165, 1.54) is 19.3 Å². The van der Waals surface area contributed by atoms with E-state index in [9.17, 15) is 0 Å². The summed E-state index contributed by atoms with van der Waals surface area (Å²) in [5.74, 6) is 0.777. The normalized spacial score (nSPS) is 24.3. The second kappa shape index (κ2) is 3.55. The summed E-state index contributed by atoms with van der Waals surface area (Å²) in [5, 5.41) is 8.85. The molecule has 1 aliphatic carbocycles. The molecule has 0 bridgehead atoms.